The molecule has 0 fully saturated rings. The smallest absolute Gasteiger partial charge is 0.143 e. The van der Waals surface area contributed by atoms with E-state index in [1.807, 2.05) is 0 Å². The third-order valence-electron chi connectivity index (χ3n) is 9.81. The Morgan fingerprint density at radius 3 is 1.79 bits per heavy atom. The highest BCUT2D eigenvalue weighted by atomic mass is 16.3. The summed E-state index contributed by atoms with van der Waals surface area (Å²) < 4.78 is 6.85. The number of nitrogens with zero attached hydrogens (tertiary/aromatic N) is 1. The van der Waals surface area contributed by atoms with Crippen molar-refractivity contribution in [3.63, 3.8) is 0 Å². The molecule has 1 aromatic heterocycles. The van der Waals surface area contributed by atoms with Crippen molar-refractivity contribution in [1.29, 1.82) is 0 Å². The molecule has 10 aromatic rings. The van der Waals surface area contributed by atoms with Crippen LogP contribution in [-0.4, -0.2) is 0 Å². The zero-order valence-corrected chi connectivity index (χ0v) is 26.1. The van der Waals surface area contributed by atoms with Crippen molar-refractivity contribution < 1.29 is 4.42 Å². The van der Waals surface area contributed by atoms with Gasteiger partial charge in [-0.05, 0) is 74.3 Å². The molecule has 0 saturated carbocycles. The van der Waals surface area contributed by atoms with Gasteiger partial charge in [-0.3, -0.25) is 0 Å². The lowest BCUT2D eigenvalue weighted by atomic mass is 9.98. The monoisotopic (exact) mass is 611 g/mol. The van der Waals surface area contributed by atoms with E-state index in [9.17, 15) is 0 Å². The molecule has 0 saturated heterocycles. The minimum atomic E-state index is 0.918. The quantitative estimate of drug-likeness (QED) is 0.184. The van der Waals surface area contributed by atoms with Gasteiger partial charge in [-0.1, -0.05) is 140 Å². The van der Waals surface area contributed by atoms with Crippen LogP contribution < -0.4 is 4.90 Å². The summed E-state index contributed by atoms with van der Waals surface area (Å²) in [6.45, 7) is 0. The van der Waals surface area contributed by atoms with Crippen LogP contribution in [0.4, 0.5) is 17.1 Å². The van der Waals surface area contributed by atoms with Gasteiger partial charge in [0.25, 0.3) is 0 Å². The molecule has 0 radical (unpaired) electrons. The largest absolute Gasteiger partial charge is 0.455 e. The van der Waals surface area contributed by atoms with E-state index in [1.165, 1.54) is 43.1 Å². The summed E-state index contributed by atoms with van der Waals surface area (Å²) in [5.74, 6) is 0. The Bertz CT molecular complexity index is 2830. The molecule has 224 valence electrons. The molecule has 0 aliphatic rings. The van der Waals surface area contributed by atoms with E-state index in [4.69, 9.17) is 4.42 Å². The fourth-order valence-electron chi connectivity index (χ4n) is 7.58. The molecule has 0 spiro atoms. The predicted octanol–water partition coefficient (Wildman–Crippen LogP) is 13.3. The van der Waals surface area contributed by atoms with Crippen molar-refractivity contribution in [2.45, 2.75) is 0 Å². The Morgan fingerprint density at radius 1 is 0.354 bits per heavy atom. The maximum Gasteiger partial charge on any atom is 0.143 e. The number of rotatable bonds is 4. The summed E-state index contributed by atoms with van der Waals surface area (Å²) in [5.41, 5.74) is 7.44. The molecule has 0 aliphatic heterocycles. The Hall–Kier alpha value is -6.38. The van der Waals surface area contributed by atoms with E-state index < -0.39 is 0 Å². The second kappa shape index (κ2) is 10.6. The summed E-state index contributed by atoms with van der Waals surface area (Å²) in [4.78, 5) is 2.37. The topological polar surface area (TPSA) is 16.4 Å². The lowest BCUT2D eigenvalue weighted by molar-refractivity contribution is 0.674. The van der Waals surface area contributed by atoms with E-state index in [0.29, 0.717) is 0 Å². The van der Waals surface area contributed by atoms with Crippen LogP contribution >= 0.6 is 0 Å². The Labute approximate surface area is 277 Å². The van der Waals surface area contributed by atoms with Gasteiger partial charge >= 0.3 is 0 Å². The first-order valence-electron chi connectivity index (χ1n) is 16.4. The van der Waals surface area contributed by atoms with Gasteiger partial charge in [0.2, 0.25) is 0 Å². The van der Waals surface area contributed by atoms with Crippen LogP contribution in [0.5, 0.6) is 0 Å². The summed E-state index contributed by atoms with van der Waals surface area (Å²) in [5, 5.41) is 12.0. The van der Waals surface area contributed by atoms with E-state index in [0.717, 1.165) is 50.1 Å². The Morgan fingerprint density at radius 2 is 0.958 bits per heavy atom. The van der Waals surface area contributed by atoms with Gasteiger partial charge in [0, 0.05) is 38.5 Å². The van der Waals surface area contributed by atoms with Crippen LogP contribution in [0.1, 0.15) is 0 Å². The molecular formula is C46H29NO. The summed E-state index contributed by atoms with van der Waals surface area (Å²) >= 11 is 0. The number of hydrogen-bond acceptors (Lipinski definition) is 2. The third kappa shape index (κ3) is 4.06. The molecule has 2 heteroatoms. The molecule has 48 heavy (non-hydrogen) atoms. The van der Waals surface area contributed by atoms with Crippen molar-refractivity contribution in [2.75, 3.05) is 4.90 Å². The molecule has 0 atom stereocenters. The standard InChI is InChI=1S/C46H29NO/c1-2-13-34(14-3-1)47(43-29-33-12-5-6-15-36(33)39-17-8-9-18-40(39)43)35-26-23-31(24-27-35)38-19-10-20-41-42-28-25-32-22-21-30-11-4-7-16-37(30)44(32)46(42)48-45(38)41/h1-29H. The van der Waals surface area contributed by atoms with Gasteiger partial charge in [-0.15, -0.1) is 0 Å². The molecule has 0 N–H and O–H groups in total. The highest BCUT2D eigenvalue weighted by molar-refractivity contribution is 6.24. The normalized spacial score (nSPS) is 11.8. The first-order valence-corrected chi connectivity index (χ1v) is 16.4. The molecule has 0 aliphatic carbocycles. The summed E-state index contributed by atoms with van der Waals surface area (Å²) in [6.07, 6.45) is 0. The SMILES string of the molecule is c1ccc(N(c2ccc(-c3cccc4c3oc3c4ccc4ccc5ccccc5c43)cc2)c2cc3ccccc3c3ccccc23)cc1. The van der Waals surface area contributed by atoms with Gasteiger partial charge in [-0.2, -0.15) is 0 Å². The summed E-state index contributed by atoms with van der Waals surface area (Å²) in [7, 11) is 0. The van der Waals surface area contributed by atoms with Crippen molar-refractivity contribution in [3.8, 4) is 11.1 Å². The highest BCUT2D eigenvalue weighted by Crippen LogP contribution is 2.44. The van der Waals surface area contributed by atoms with Crippen molar-refractivity contribution in [2.24, 2.45) is 0 Å². The number of fused-ring (bicyclic) bond motifs is 10. The van der Waals surface area contributed by atoms with Crippen LogP contribution in [0.2, 0.25) is 0 Å². The average Bonchev–Trinajstić information content (AvgIpc) is 3.55. The molecular weight excluding hydrogens is 583 g/mol. The Kier molecular flexibility index (Phi) is 5.91. The van der Waals surface area contributed by atoms with Crippen LogP contribution in [-0.2, 0) is 0 Å². The van der Waals surface area contributed by atoms with Crippen molar-refractivity contribution in [3.05, 3.63) is 176 Å². The number of anilines is 3. The lowest BCUT2D eigenvalue weighted by Gasteiger charge is -2.27. The van der Waals surface area contributed by atoms with Crippen molar-refractivity contribution >= 4 is 82.1 Å². The zero-order chi connectivity index (χ0) is 31.6. The van der Waals surface area contributed by atoms with Gasteiger partial charge in [0.15, 0.2) is 0 Å². The fourth-order valence-corrected chi connectivity index (χ4v) is 7.58. The van der Waals surface area contributed by atoms with Crippen LogP contribution in [0.25, 0.3) is 76.2 Å². The van der Waals surface area contributed by atoms with E-state index >= 15 is 0 Å². The van der Waals surface area contributed by atoms with E-state index in [1.54, 1.807) is 0 Å². The third-order valence-corrected chi connectivity index (χ3v) is 9.81. The number of para-hydroxylation sites is 2. The molecule has 10 rings (SSSR count). The van der Waals surface area contributed by atoms with Crippen LogP contribution in [0.3, 0.4) is 0 Å². The number of furan rings is 1. The zero-order valence-electron chi connectivity index (χ0n) is 26.1. The van der Waals surface area contributed by atoms with Crippen LogP contribution in [0, 0.1) is 0 Å². The first kappa shape index (κ1) is 26.8. The number of hydrogen-bond donors (Lipinski definition) is 0. The second-order valence-electron chi connectivity index (χ2n) is 12.5. The van der Waals surface area contributed by atoms with E-state index in [-0.39, 0.29) is 0 Å². The highest BCUT2D eigenvalue weighted by Gasteiger charge is 2.19. The summed E-state index contributed by atoms with van der Waals surface area (Å²) in [6, 6.07) is 63.1. The minimum absolute atomic E-state index is 0.918. The van der Waals surface area contributed by atoms with Gasteiger partial charge in [0.1, 0.15) is 11.2 Å². The minimum Gasteiger partial charge on any atom is -0.455 e. The second-order valence-corrected chi connectivity index (χ2v) is 12.5. The Balaban J connectivity index is 1.15. The van der Waals surface area contributed by atoms with Gasteiger partial charge in [0.05, 0.1) is 5.69 Å². The number of benzene rings is 9. The molecule has 2 nitrogen and oxygen atoms in total. The van der Waals surface area contributed by atoms with Gasteiger partial charge in [-0.25, -0.2) is 0 Å². The van der Waals surface area contributed by atoms with E-state index in [2.05, 4.69) is 181 Å². The first-order chi connectivity index (χ1) is 23.8. The molecule has 1 heterocycles. The maximum absolute atomic E-state index is 6.85. The maximum atomic E-state index is 6.85. The average molecular weight is 612 g/mol. The molecule has 9 aromatic carbocycles. The molecule has 0 unspecified atom stereocenters. The van der Waals surface area contributed by atoms with Crippen LogP contribution in [0.15, 0.2) is 180 Å². The fraction of sp³-hybridized carbons (Fsp3) is 0. The lowest BCUT2D eigenvalue weighted by Crippen LogP contribution is -2.10. The predicted molar refractivity (Wildman–Crippen MR) is 204 cm³/mol. The molecule has 0 amide bonds. The molecule has 0 bridgehead atoms. The van der Waals surface area contributed by atoms with Crippen molar-refractivity contribution in [1.82, 2.24) is 0 Å². The van der Waals surface area contributed by atoms with Gasteiger partial charge < -0.3 is 9.32 Å².